The van der Waals surface area contributed by atoms with Crippen molar-refractivity contribution < 1.29 is 29.6 Å². The monoisotopic (exact) mass is 314 g/mol. The molecule has 0 saturated heterocycles. The molecule has 2 aliphatic rings. The van der Waals surface area contributed by atoms with Crippen LogP contribution in [0.5, 0.6) is 0 Å². The summed E-state index contributed by atoms with van der Waals surface area (Å²) in [6, 6.07) is 0. The number of hydrogen-bond donors (Lipinski definition) is 2. The standard InChI is InChI=1S/C16H26O6/c1-10-3-5-12(6-4-10)21-22-16(15(19)20)8-7-11(2)9-13(16)14(17)18/h10-13H,3-9H2,1-2H3,(H,17,18)(H,19,20). The van der Waals surface area contributed by atoms with Crippen LogP contribution in [0, 0.1) is 17.8 Å². The Balaban J connectivity index is 2.07. The summed E-state index contributed by atoms with van der Waals surface area (Å²) in [6.07, 6.45) is 4.65. The van der Waals surface area contributed by atoms with Crippen LogP contribution >= 0.6 is 0 Å². The molecule has 0 aromatic heterocycles. The molecule has 126 valence electrons. The zero-order valence-electron chi connectivity index (χ0n) is 13.3. The number of carbonyl (C=O) groups is 2. The molecule has 3 atom stereocenters. The van der Waals surface area contributed by atoms with Crippen LogP contribution in [0.3, 0.4) is 0 Å². The van der Waals surface area contributed by atoms with Gasteiger partial charge >= 0.3 is 11.9 Å². The summed E-state index contributed by atoms with van der Waals surface area (Å²) >= 11 is 0. The molecule has 0 radical (unpaired) electrons. The molecule has 2 fully saturated rings. The lowest BCUT2D eigenvalue weighted by Crippen LogP contribution is -2.54. The van der Waals surface area contributed by atoms with E-state index in [0.29, 0.717) is 18.8 Å². The summed E-state index contributed by atoms with van der Waals surface area (Å²) in [5.41, 5.74) is -1.76. The predicted molar refractivity (Wildman–Crippen MR) is 78.1 cm³/mol. The Morgan fingerprint density at radius 1 is 1.00 bits per heavy atom. The van der Waals surface area contributed by atoms with Crippen molar-refractivity contribution in [3.8, 4) is 0 Å². The summed E-state index contributed by atoms with van der Waals surface area (Å²) < 4.78 is 0. The fraction of sp³-hybridized carbons (Fsp3) is 0.875. The van der Waals surface area contributed by atoms with Gasteiger partial charge in [0.1, 0.15) is 5.92 Å². The maximum atomic E-state index is 11.8. The molecular weight excluding hydrogens is 288 g/mol. The first-order chi connectivity index (χ1) is 10.3. The van der Waals surface area contributed by atoms with E-state index in [9.17, 15) is 19.8 Å². The zero-order chi connectivity index (χ0) is 16.3. The second kappa shape index (κ2) is 6.96. The molecule has 6 nitrogen and oxygen atoms in total. The SMILES string of the molecule is CC1CCC(OOC2(C(=O)O)CCC(C)CC2C(=O)O)CC1. The van der Waals surface area contributed by atoms with E-state index in [1.165, 1.54) is 0 Å². The van der Waals surface area contributed by atoms with Gasteiger partial charge < -0.3 is 10.2 Å². The molecule has 0 aromatic carbocycles. The summed E-state index contributed by atoms with van der Waals surface area (Å²) in [7, 11) is 0. The number of carboxylic acid groups (broad SMARTS) is 2. The van der Waals surface area contributed by atoms with Crippen LogP contribution in [-0.4, -0.2) is 33.9 Å². The zero-order valence-corrected chi connectivity index (χ0v) is 13.3. The van der Waals surface area contributed by atoms with E-state index in [0.717, 1.165) is 25.7 Å². The lowest BCUT2D eigenvalue weighted by molar-refractivity contribution is -0.393. The molecule has 2 N–H and O–H groups in total. The van der Waals surface area contributed by atoms with E-state index in [2.05, 4.69) is 6.92 Å². The summed E-state index contributed by atoms with van der Waals surface area (Å²) in [5.74, 6) is -2.62. The van der Waals surface area contributed by atoms with E-state index >= 15 is 0 Å². The third-order valence-electron chi connectivity index (χ3n) is 5.17. The maximum Gasteiger partial charge on any atom is 0.340 e. The van der Waals surface area contributed by atoms with Gasteiger partial charge in [-0.25, -0.2) is 14.6 Å². The first kappa shape index (κ1) is 17.2. The average Bonchev–Trinajstić information content (AvgIpc) is 2.47. The van der Waals surface area contributed by atoms with E-state index in [4.69, 9.17) is 9.78 Å². The average molecular weight is 314 g/mol. The molecule has 22 heavy (non-hydrogen) atoms. The van der Waals surface area contributed by atoms with Gasteiger partial charge in [-0.1, -0.05) is 13.8 Å². The van der Waals surface area contributed by atoms with Crippen molar-refractivity contribution in [2.45, 2.75) is 70.5 Å². The van der Waals surface area contributed by atoms with Crippen LogP contribution in [0.1, 0.15) is 58.8 Å². The molecule has 2 aliphatic carbocycles. The van der Waals surface area contributed by atoms with E-state index < -0.39 is 23.5 Å². The Labute approximate surface area is 130 Å². The van der Waals surface area contributed by atoms with Gasteiger partial charge in [0.25, 0.3) is 0 Å². The van der Waals surface area contributed by atoms with Gasteiger partial charge in [-0.3, -0.25) is 4.79 Å². The van der Waals surface area contributed by atoms with Gasteiger partial charge in [0, 0.05) is 0 Å². The van der Waals surface area contributed by atoms with Gasteiger partial charge in [0.2, 0.25) is 5.60 Å². The Morgan fingerprint density at radius 2 is 1.64 bits per heavy atom. The second-order valence-electron chi connectivity index (χ2n) is 7.03. The van der Waals surface area contributed by atoms with Crippen molar-refractivity contribution in [2.24, 2.45) is 17.8 Å². The summed E-state index contributed by atoms with van der Waals surface area (Å²) in [4.78, 5) is 34.0. The number of carboxylic acids is 2. The van der Waals surface area contributed by atoms with Gasteiger partial charge in [0.05, 0.1) is 6.10 Å². The van der Waals surface area contributed by atoms with E-state index in [1.807, 2.05) is 6.92 Å². The molecule has 6 heteroatoms. The molecular formula is C16H26O6. The Kier molecular flexibility index (Phi) is 5.45. The highest BCUT2D eigenvalue weighted by Crippen LogP contribution is 2.41. The van der Waals surface area contributed by atoms with Crippen LogP contribution in [0.4, 0.5) is 0 Å². The molecule has 2 rings (SSSR count). The molecule has 0 amide bonds. The van der Waals surface area contributed by atoms with Gasteiger partial charge in [-0.15, -0.1) is 0 Å². The Morgan fingerprint density at radius 3 is 2.18 bits per heavy atom. The number of aliphatic carboxylic acids is 2. The van der Waals surface area contributed by atoms with Crippen molar-refractivity contribution >= 4 is 11.9 Å². The largest absolute Gasteiger partial charge is 0.481 e. The number of rotatable bonds is 5. The fourth-order valence-corrected chi connectivity index (χ4v) is 3.52. The van der Waals surface area contributed by atoms with Crippen LogP contribution in [0.2, 0.25) is 0 Å². The first-order valence-corrected chi connectivity index (χ1v) is 8.16. The van der Waals surface area contributed by atoms with Crippen molar-refractivity contribution in [1.82, 2.24) is 0 Å². The fourth-order valence-electron chi connectivity index (χ4n) is 3.52. The predicted octanol–water partition coefficient (Wildman–Crippen LogP) is 2.86. The highest BCUT2D eigenvalue weighted by atomic mass is 17.2. The van der Waals surface area contributed by atoms with Crippen LogP contribution < -0.4 is 0 Å². The van der Waals surface area contributed by atoms with Crippen molar-refractivity contribution in [3.05, 3.63) is 0 Å². The van der Waals surface area contributed by atoms with E-state index in [-0.39, 0.29) is 18.4 Å². The van der Waals surface area contributed by atoms with Gasteiger partial charge in [-0.2, -0.15) is 0 Å². The molecule has 0 spiro atoms. The minimum absolute atomic E-state index is 0.138. The van der Waals surface area contributed by atoms with Crippen molar-refractivity contribution in [1.29, 1.82) is 0 Å². The second-order valence-corrected chi connectivity index (χ2v) is 7.03. The number of hydrogen-bond acceptors (Lipinski definition) is 4. The van der Waals surface area contributed by atoms with Gasteiger partial charge in [-0.05, 0) is 56.8 Å². The first-order valence-electron chi connectivity index (χ1n) is 8.16. The molecule has 0 heterocycles. The van der Waals surface area contributed by atoms with Crippen molar-refractivity contribution in [3.63, 3.8) is 0 Å². The van der Waals surface area contributed by atoms with Crippen LogP contribution in [0.25, 0.3) is 0 Å². The van der Waals surface area contributed by atoms with Crippen molar-refractivity contribution in [2.75, 3.05) is 0 Å². The smallest absolute Gasteiger partial charge is 0.340 e. The third kappa shape index (κ3) is 3.60. The lowest BCUT2D eigenvalue weighted by Gasteiger charge is -2.40. The molecule has 0 bridgehead atoms. The Bertz CT molecular complexity index is 415. The minimum Gasteiger partial charge on any atom is -0.481 e. The summed E-state index contributed by atoms with van der Waals surface area (Å²) in [6.45, 7) is 4.11. The Hall–Kier alpha value is -1.14. The minimum atomic E-state index is -1.76. The maximum absolute atomic E-state index is 11.8. The molecule has 0 aliphatic heterocycles. The quantitative estimate of drug-likeness (QED) is 0.598. The van der Waals surface area contributed by atoms with Crippen LogP contribution in [0.15, 0.2) is 0 Å². The lowest BCUT2D eigenvalue weighted by atomic mass is 9.71. The molecule has 0 aromatic rings. The topological polar surface area (TPSA) is 93.1 Å². The normalized spacial score (nSPS) is 39.4. The molecule has 3 unspecified atom stereocenters. The van der Waals surface area contributed by atoms with E-state index in [1.54, 1.807) is 0 Å². The highest BCUT2D eigenvalue weighted by Gasteiger charge is 2.55. The van der Waals surface area contributed by atoms with Gasteiger partial charge in [0.15, 0.2) is 0 Å². The highest BCUT2D eigenvalue weighted by molar-refractivity contribution is 5.86. The third-order valence-corrected chi connectivity index (χ3v) is 5.17. The van der Waals surface area contributed by atoms with Crippen LogP contribution in [-0.2, 0) is 19.4 Å². The summed E-state index contributed by atoms with van der Waals surface area (Å²) in [5, 5.41) is 19.0. The molecule has 2 saturated carbocycles.